The molecule has 1 aromatic carbocycles. The summed E-state index contributed by atoms with van der Waals surface area (Å²) >= 11 is 1.17. The smallest absolute Gasteiger partial charge is 0.329 e. The van der Waals surface area contributed by atoms with Crippen molar-refractivity contribution in [1.82, 2.24) is 0 Å². The van der Waals surface area contributed by atoms with Crippen molar-refractivity contribution >= 4 is 44.3 Å². The molecule has 0 radical (unpaired) electrons. The SMILES string of the molecule is O=C(O)COCC(=O)N=C1S[C@H]2CS(=O)(=O)C[C@H]2N1c1ccc(F)cc1. The lowest BCUT2D eigenvalue weighted by molar-refractivity contribution is -0.143. The van der Waals surface area contributed by atoms with Gasteiger partial charge in [0, 0.05) is 10.9 Å². The van der Waals surface area contributed by atoms with Crippen LogP contribution < -0.4 is 4.90 Å². The van der Waals surface area contributed by atoms with E-state index in [4.69, 9.17) is 9.84 Å². The fraction of sp³-hybridized carbons (Fsp3) is 0.400. The molecule has 2 aliphatic heterocycles. The number of fused-ring (bicyclic) bond motifs is 1. The third kappa shape index (κ3) is 4.22. The van der Waals surface area contributed by atoms with Crippen LogP contribution in [0.4, 0.5) is 10.1 Å². The van der Waals surface area contributed by atoms with Crippen LogP contribution in [0.15, 0.2) is 29.3 Å². The van der Waals surface area contributed by atoms with Crippen molar-refractivity contribution in [2.75, 3.05) is 29.6 Å². The predicted octanol–water partition coefficient (Wildman–Crippen LogP) is 0.528. The summed E-state index contributed by atoms with van der Waals surface area (Å²) < 4.78 is 41.8. The third-order valence-corrected chi connectivity index (χ3v) is 7.05. The number of carboxylic acids is 1. The van der Waals surface area contributed by atoms with Gasteiger partial charge in [-0.15, -0.1) is 0 Å². The van der Waals surface area contributed by atoms with Crippen LogP contribution in [0.1, 0.15) is 0 Å². The van der Waals surface area contributed by atoms with E-state index in [1.807, 2.05) is 0 Å². The Balaban J connectivity index is 1.84. The van der Waals surface area contributed by atoms with Crippen molar-refractivity contribution in [3.05, 3.63) is 30.1 Å². The molecule has 0 aromatic heterocycles. The average Bonchev–Trinajstić information content (AvgIpc) is 2.99. The molecule has 26 heavy (non-hydrogen) atoms. The molecule has 2 aliphatic rings. The maximum Gasteiger partial charge on any atom is 0.329 e. The number of aliphatic imine (C=N–C) groups is 1. The first kappa shape index (κ1) is 18.8. The molecule has 8 nitrogen and oxygen atoms in total. The van der Waals surface area contributed by atoms with E-state index >= 15 is 0 Å². The van der Waals surface area contributed by atoms with Gasteiger partial charge in [0.15, 0.2) is 15.0 Å². The number of benzene rings is 1. The third-order valence-electron chi connectivity index (χ3n) is 3.84. The number of sulfone groups is 1. The van der Waals surface area contributed by atoms with Crippen LogP contribution >= 0.6 is 11.8 Å². The Morgan fingerprint density at radius 1 is 1.27 bits per heavy atom. The number of rotatable bonds is 5. The molecule has 0 bridgehead atoms. The van der Waals surface area contributed by atoms with E-state index in [0.717, 1.165) is 0 Å². The number of hydrogen-bond acceptors (Lipinski definition) is 6. The lowest BCUT2D eigenvalue weighted by atomic mass is 10.2. The highest BCUT2D eigenvalue weighted by molar-refractivity contribution is 8.16. The maximum atomic E-state index is 13.2. The van der Waals surface area contributed by atoms with Crippen LogP contribution in [0.2, 0.25) is 0 Å². The summed E-state index contributed by atoms with van der Waals surface area (Å²) in [6.45, 7) is -1.11. The summed E-state index contributed by atoms with van der Waals surface area (Å²) in [4.78, 5) is 27.9. The first-order valence-electron chi connectivity index (χ1n) is 7.58. The minimum atomic E-state index is -3.20. The van der Waals surface area contributed by atoms with Crippen LogP contribution in [-0.2, 0) is 24.2 Å². The Morgan fingerprint density at radius 2 is 1.96 bits per heavy atom. The quantitative estimate of drug-likeness (QED) is 0.759. The number of thioether (sulfide) groups is 1. The maximum absolute atomic E-state index is 13.2. The fourth-order valence-electron chi connectivity index (χ4n) is 2.83. The number of carbonyl (C=O) groups excluding carboxylic acids is 1. The Morgan fingerprint density at radius 3 is 2.62 bits per heavy atom. The van der Waals surface area contributed by atoms with Gasteiger partial charge in [-0.1, -0.05) is 11.8 Å². The van der Waals surface area contributed by atoms with Gasteiger partial charge in [-0.25, -0.2) is 17.6 Å². The molecular formula is C15H15FN2O6S2. The summed E-state index contributed by atoms with van der Waals surface area (Å²) in [5, 5.41) is 8.53. The van der Waals surface area contributed by atoms with Crippen molar-refractivity contribution in [2.45, 2.75) is 11.3 Å². The van der Waals surface area contributed by atoms with Crippen molar-refractivity contribution in [1.29, 1.82) is 0 Å². The van der Waals surface area contributed by atoms with Crippen molar-refractivity contribution in [3.63, 3.8) is 0 Å². The van der Waals surface area contributed by atoms with Gasteiger partial charge in [0.05, 0.1) is 17.5 Å². The van der Waals surface area contributed by atoms with Gasteiger partial charge in [-0.3, -0.25) is 4.79 Å². The Hall–Kier alpha value is -1.98. The zero-order chi connectivity index (χ0) is 18.9. The largest absolute Gasteiger partial charge is 0.480 e. The molecule has 0 saturated carbocycles. The highest BCUT2D eigenvalue weighted by atomic mass is 32.2. The van der Waals surface area contributed by atoms with Gasteiger partial charge < -0.3 is 14.7 Å². The molecule has 1 N–H and O–H groups in total. The zero-order valence-electron chi connectivity index (χ0n) is 13.4. The van der Waals surface area contributed by atoms with Gasteiger partial charge in [0.25, 0.3) is 5.91 Å². The van der Waals surface area contributed by atoms with Gasteiger partial charge in [0.2, 0.25) is 0 Å². The van der Waals surface area contributed by atoms with Crippen LogP contribution in [0.3, 0.4) is 0 Å². The summed E-state index contributed by atoms with van der Waals surface area (Å²) in [6.07, 6.45) is 0. The predicted molar refractivity (Wildman–Crippen MR) is 93.6 cm³/mol. The highest BCUT2D eigenvalue weighted by Gasteiger charge is 2.49. The minimum Gasteiger partial charge on any atom is -0.480 e. The average molecular weight is 402 g/mol. The highest BCUT2D eigenvalue weighted by Crippen LogP contribution is 2.40. The molecule has 0 unspecified atom stereocenters. The van der Waals surface area contributed by atoms with Gasteiger partial charge >= 0.3 is 5.97 Å². The summed E-state index contributed by atoms with van der Waals surface area (Å²) in [6, 6.07) is 5.06. The molecule has 140 valence electrons. The number of ether oxygens (including phenoxy) is 1. The number of halogens is 1. The molecule has 0 spiro atoms. The summed E-state index contributed by atoms with van der Waals surface area (Å²) in [5.74, 6) is -2.42. The molecule has 1 aromatic rings. The lowest BCUT2D eigenvalue weighted by Crippen LogP contribution is -2.37. The number of amidine groups is 1. The number of nitrogens with zero attached hydrogens (tertiary/aromatic N) is 2. The van der Waals surface area contributed by atoms with E-state index in [1.54, 1.807) is 4.90 Å². The molecule has 2 saturated heterocycles. The van der Waals surface area contributed by atoms with Crippen molar-refractivity contribution in [3.8, 4) is 0 Å². The second kappa shape index (κ2) is 7.33. The first-order valence-corrected chi connectivity index (χ1v) is 10.3. The second-order valence-electron chi connectivity index (χ2n) is 5.82. The van der Waals surface area contributed by atoms with Crippen LogP contribution in [0.5, 0.6) is 0 Å². The Labute approximate surface area is 153 Å². The Kier molecular flexibility index (Phi) is 5.30. The van der Waals surface area contributed by atoms with E-state index in [-0.39, 0.29) is 16.8 Å². The Bertz CT molecular complexity index is 855. The molecular weight excluding hydrogens is 387 g/mol. The number of carboxylic acid groups (broad SMARTS) is 1. The first-order chi connectivity index (χ1) is 12.2. The van der Waals surface area contributed by atoms with Crippen LogP contribution in [-0.4, -0.2) is 66.6 Å². The normalized spacial score (nSPS) is 25.4. The molecule has 2 heterocycles. The van der Waals surface area contributed by atoms with Crippen molar-refractivity contribution in [2.24, 2.45) is 4.99 Å². The minimum absolute atomic E-state index is 0.0250. The molecule has 2 atom stereocenters. The van der Waals surface area contributed by atoms with Gasteiger partial charge in [0.1, 0.15) is 19.0 Å². The number of anilines is 1. The second-order valence-corrected chi connectivity index (χ2v) is 9.18. The number of aliphatic carboxylic acids is 1. The molecule has 0 aliphatic carbocycles. The molecule has 3 rings (SSSR count). The van der Waals surface area contributed by atoms with E-state index in [1.165, 1.54) is 36.0 Å². The van der Waals surface area contributed by atoms with Crippen LogP contribution in [0.25, 0.3) is 0 Å². The van der Waals surface area contributed by atoms with Crippen molar-refractivity contribution < 1.29 is 32.2 Å². The number of hydrogen-bond donors (Lipinski definition) is 1. The lowest BCUT2D eigenvalue weighted by Gasteiger charge is -2.24. The standard InChI is InChI=1S/C15H15FN2O6S2/c16-9-1-3-10(4-2-9)18-11-7-26(22,23)8-12(11)25-15(18)17-13(19)5-24-6-14(20)21/h1-4,11-12H,5-8H2,(H,20,21)/t11-,12+/m1/s1. The van der Waals surface area contributed by atoms with E-state index in [9.17, 15) is 22.4 Å². The number of amides is 1. The van der Waals surface area contributed by atoms with E-state index in [0.29, 0.717) is 10.9 Å². The monoisotopic (exact) mass is 402 g/mol. The van der Waals surface area contributed by atoms with E-state index in [2.05, 4.69) is 4.99 Å². The fourth-order valence-corrected chi connectivity index (χ4v) is 6.76. The molecule has 2 fully saturated rings. The van der Waals surface area contributed by atoms with Gasteiger partial charge in [-0.05, 0) is 24.3 Å². The molecule has 11 heteroatoms. The topological polar surface area (TPSA) is 113 Å². The van der Waals surface area contributed by atoms with E-state index < -0.39 is 46.8 Å². The van der Waals surface area contributed by atoms with Crippen LogP contribution in [0, 0.1) is 5.82 Å². The summed E-state index contributed by atoms with van der Waals surface area (Å²) in [5.41, 5.74) is 0.529. The summed E-state index contributed by atoms with van der Waals surface area (Å²) in [7, 11) is -3.20. The molecule has 1 amide bonds. The van der Waals surface area contributed by atoms with Gasteiger partial charge in [-0.2, -0.15) is 4.99 Å². The zero-order valence-corrected chi connectivity index (χ0v) is 15.0. The number of carbonyl (C=O) groups is 2.